The standard InChI is InChI=1S/C24H34F2N6O4S/c1-16(18-15-17(25)5-6-19(18)26)36-22-20(21(27)34)23(37-30-22)29-24(35)28-7-3-2-4-8-31-9-11-32(12-10-31)13-14-33/h5-6,15-16,33H,2-4,7-14H2,1H3,(H2,27,34)(H2,28,29,35). The Balaban J connectivity index is 1.41. The summed E-state index contributed by atoms with van der Waals surface area (Å²) in [6, 6.07) is 2.47. The van der Waals surface area contributed by atoms with E-state index in [9.17, 15) is 18.4 Å². The minimum absolute atomic E-state index is 0.0420. The van der Waals surface area contributed by atoms with Crippen molar-refractivity contribution in [3.8, 4) is 5.88 Å². The van der Waals surface area contributed by atoms with Crippen molar-refractivity contribution in [1.82, 2.24) is 19.5 Å². The number of β-amino-alcohol motifs (C(OH)–C–C–N with tert-alkyl or cyclic N) is 1. The molecule has 1 aromatic carbocycles. The molecule has 0 spiro atoms. The number of halogens is 2. The highest BCUT2D eigenvalue weighted by Crippen LogP contribution is 2.33. The third-order valence-corrected chi connectivity index (χ3v) is 6.88. The lowest BCUT2D eigenvalue weighted by Crippen LogP contribution is -2.47. The Kier molecular flexibility index (Phi) is 11.0. The maximum absolute atomic E-state index is 14.1. The summed E-state index contributed by atoms with van der Waals surface area (Å²) in [6.45, 7) is 7.81. The summed E-state index contributed by atoms with van der Waals surface area (Å²) >= 11 is 0.805. The number of ether oxygens (including phenoxy) is 1. The summed E-state index contributed by atoms with van der Waals surface area (Å²) < 4.78 is 37.2. The Morgan fingerprint density at radius 2 is 1.86 bits per heavy atom. The van der Waals surface area contributed by atoms with Crippen LogP contribution >= 0.6 is 11.5 Å². The highest BCUT2D eigenvalue weighted by molar-refractivity contribution is 7.11. The molecule has 13 heteroatoms. The summed E-state index contributed by atoms with van der Waals surface area (Å²) in [7, 11) is 0. The van der Waals surface area contributed by atoms with E-state index >= 15 is 0 Å². The number of amides is 3. The van der Waals surface area contributed by atoms with Crippen LogP contribution in [0, 0.1) is 11.6 Å². The van der Waals surface area contributed by atoms with Gasteiger partial charge in [-0.05, 0) is 56.0 Å². The van der Waals surface area contributed by atoms with E-state index in [4.69, 9.17) is 15.6 Å². The molecule has 1 aliphatic rings. The predicted octanol–water partition coefficient (Wildman–Crippen LogP) is 2.56. The van der Waals surface area contributed by atoms with Gasteiger partial charge in [-0.1, -0.05) is 6.42 Å². The number of anilines is 1. The molecule has 1 unspecified atom stereocenters. The van der Waals surface area contributed by atoms with E-state index in [1.807, 2.05) is 0 Å². The van der Waals surface area contributed by atoms with Crippen molar-refractivity contribution >= 4 is 28.5 Å². The number of nitrogens with one attached hydrogen (secondary N) is 2. The molecule has 1 atom stereocenters. The Hall–Kier alpha value is -2.87. The number of hydrogen-bond donors (Lipinski definition) is 4. The third-order valence-electron chi connectivity index (χ3n) is 6.14. The fourth-order valence-electron chi connectivity index (χ4n) is 4.08. The molecule has 204 valence electrons. The summed E-state index contributed by atoms with van der Waals surface area (Å²) in [6.07, 6.45) is 1.82. The molecule has 3 rings (SSSR count). The molecule has 1 aliphatic heterocycles. The summed E-state index contributed by atoms with van der Waals surface area (Å²) in [5.41, 5.74) is 5.29. The van der Waals surface area contributed by atoms with Gasteiger partial charge in [0.1, 0.15) is 28.3 Å². The van der Waals surface area contributed by atoms with Gasteiger partial charge in [0.05, 0.1) is 6.61 Å². The van der Waals surface area contributed by atoms with Gasteiger partial charge in [0.25, 0.3) is 5.91 Å². The van der Waals surface area contributed by atoms with Crippen molar-refractivity contribution in [3.05, 3.63) is 41.0 Å². The third kappa shape index (κ3) is 8.59. The Morgan fingerprint density at radius 1 is 1.16 bits per heavy atom. The lowest BCUT2D eigenvalue weighted by molar-refractivity contribution is 0.0994. The monoisotopic (exact) mass is 540 g/mol. The number of nitrogens with two attached hydrogens (primary N) is 1. The largest absolute Gasteiger partial charge is 0.468 e. The number of rotatable bonds is 13. The van der Waals surface area contributed by atoms with Gasteiger partial charge in [0.15, 0.2) is 0 Å². The molecule has 3 amide bonds. The summed E-state index contributed by atoms with van der Waals surface area (Å²) in [4.78, 5) is 29.0. The van der Waals surface area contributed by atoms with Crippen LogP contribution in [0.4, 0.5) is 18.6 Å². The molecular formula is C24H34F2N6O4S. The maximum atomic E-state index is 14.1. The average molecular weight is 541 g/mol. The predicted molar refractivity (Wildman–Crippen MR) is 137 cm³/mol. The Bertz CT molecular complexity index is 1050. The van der Waals surface area contributed by atoms with E-state index in [1.54, 1.807) is 0 Å². The van der Waals surface area contributed by atoms with Gasteiger partial charge in [0.2, 0.25) is 5.88 Å². The highest BCUT2D eigenvalue weighted by Gasteiger charge is 2.25. The zero-order valence-corrected chi connectivity index (χ0v) is 21.7. The number of nitrogens with zero attached hydrogens (tertiary/aromatic N) is 3. The molecule has 37 heavy (non-hydrogen) atoms. The smallest absolute Gasteiger partial charge is 0.319 e. The second-order valence-electron chi connectivity index (χ2n) is 8.83. The molecule has 0 saturated carbocycles. The van der Waals surface area contributed by atoms with Gasteiger partial charge in [0, 0.05) is 44.8 Å². The molecule has 1 aromatic heterocycles. The van der Waals surface area contributed by atoms with Crippen LogP contribution < -0.4 is 21.1 Å². The number of urea groups is 1. The van der Waals surface area contributed by atoms with Crippen LogP contribution in [0.2, 0.25) is 0 Å². The van der Waals surface area contributed by atoms with Crippen molar-refractivity contribution in [2.24, 2.45) is 5.73 Å². The van der Waals surface area contributed by atoms with Gasteiger partial charge in [-0.15, -0.1) is 0 Å². The van der Waals surface area contributed by atoms with Crippen LogP contribution in [0.15, 0.2) is 18.2 Å². The second kappa shape index (κ2) is 14.2. The minimum Gasteiger partial charge on any atom is -0.468 e. The van der Waals surface area contributed by atoms with Crippen LogP contribution in [-0.4, -0.2) is 83.6 Å². The quantitative estimate of drug-likeness (QED) is 0.287. The lowest BCUT2D eigenvalue weighted by Gasteiger charge is -2.34. The van der Waals surface area contributed by atoms with Gasteiger partial charge in [-0.25, -0.2) is 13.6 Å². The van der Waals surface area contributed by atoms with Crippen molar-refractivity contribution < 1.29 is 28.2 Å². The van der Waals surface area contributed by atoms with Crippen molar-refractivity contribution in [2.75, 3.05) is 57.7 Å². The van der Waals surface area contributed by atoms with E-state index in [-0.39, 0.29) is 28.6 Å². The first-order valence-corrected chi connectivity index (χ1v) is 13.1. The van der Waals surface area contributed by atoms with Crippen molar-refractivity contribution in [2.45, 2.75) is 32.3 Å². The fraction of sp³-hybridized carbons (Fsp3) is 0.542. The number of carbonyl (C=O) groups excluding carboxylic acids is 2. The van der Waals surface area contributed by atoms with Gasteiger partial charge >= 0.3 is 6.03 Å². The van der Waals surface area contributed by atoms with Gasteiger partial charge < -0.3 is 25.8 Å². The van der Waals surface area contributed by atoms with Crippen LogP contribution in [0.25, 0.3) is 0 Å². The molecule has 1 fully saturated rings. The number of aromatic nitrogens is 1. The van der Waals surface area contributed by atoms with Crippen molar-refractivity contribution in [1.29, 1.82) is 0 Å². The molecule has 0 radical (unpaired) electrons. The first-order chi connectivity index (χ1) is 17.8. The van der Waals surface area contributed by atoms with E-state index in [0.717, 1.165) is 88.3 Å². The van der Waals surface area contributed by atoms with E-state index in [2.05, 4.69) is 24.8 Å². The maximum Gasteiger partial charge on any atom is 0.319 e. The summed E-state index contributed by atoms with van der Waals surface area (Å²) in [5, 5.41) is 14.4. The van der Waals surface area contributed by atoms with Crippen molar-refractivity contribution in [3.63, 3.8) is 0 Å². The molecule has 1 saturated heterocycles. The lowest BCUT2D eigenvalue weighted by atomic mass is 10.1. The van der Waals surface area contributed by atoms with Gasteiger partial charge in [-0.2, -0.15) is 4.37 Å². The first-order valence-electron chi connectivity index (χ1n) is 12.3. The summed E-state index contributed by atoms with van der Waals surface area (Å²) in [5.74, 6) is -2.33. The number of piperazine rings is 1. The number of unbranched alkanes of at least 4 members (excludes halogenated alkanes) is 2. The number of primary amides is 1. The van der Waals surface area contributed by atoms with E-state index in [1.165, 1.54) is 6.92 Å². The molecular weight excluding hydrogens is 506 g/mol. The molecule has 5 N–H and O–H groups in total. The fourth-order valence-corrected chi connectivity index (χ4v) is 4.81. The SMILES string of the molecule is CC(Oc1nsc(NC(=O)NCCCCCN2CCN(CCO)CC2)c1C(N)=O)c1cc(F)ccc1F. The molecule has 10 nitrogen and oxygen atoms in total. The number of carbonyl (C=O) groups is 2. The zero-order chi connectivity index (χ0) is 26.8. The van der Waals surface area contributed by atoms with Crippen LogP contribution in [0.5, 0.6) is 5.88 Å². The zero-order valence-electron chi connectivity index (χ0n) is 20.8. The van der Waals surface area contributed by atoms with E-state index in [0.29, 0.717) is 6.54 Å². The van der Waals surface area contributed by atoms with Crippen LogP contribution in [-0.2, 0) is 0 Å². The molecule has 2 aromatic rings. The number of hydrogen-bond acceptors (Lipinski definition) is 8. The molecule has 0 aliphatic carbocycles. The highest BCUT2D eigenvalue weighted by atomic mass is 32.1. The number of aliphatic hydroxyl groups excluding tert-OH is 1. The second-order valence-corrected chi connectivity index (χ2v) is 9.60. The average Bonchev–Trinajstić information content (AvgIpc) is 3.25. The Labute approximate surface area is 218 Å². The molecule has 0 bridgehead atoms. The van der Waals surface area contributed by atoms with Crippen LogP contribution in [0.1, 0.15) is 48.2 Å². The number of aliphatic hydroxyl groups is 1. The molecule has 2 heterocycles. The Morgan fingerprint density at radius 3 is 2.54 bits per heavy atom. The topological polar surface area (TPSA) is 133 Å². The normalized spacial score (nSPS) is 15.4. The van der Waals surface area contributed by atoms with Crippen LogP contribution in [0.3, 0.4) is 0 Å². The van der Waals surface area contributed by atoms with Gasteiger partial charge in [-0.3, -0.25) is 15.0 Å². The van der Waals surface area contributed by atoms with E-state index < -0.39 is 29.7 Å². The minimum atomic E-state index is -0.956. The number of benzene rings is 1. The first kappa shape index (κ1) is 28.7.